The van der Waals surface area contributed by atoms with Gasteiger partial charge in [-0.15, -0.1) is 0 Å². The zero-order valence-corrected chi connectivity index (χ0v) is 20.9. The first-order valence-corrected chi connectivity index (χ1v) is 12.4. The zero-order chi connectivity index (χ0) is 24.9. The van der Waals surface area contributed by atoms with Gasteiger partial charge in [0.25, 0.3) is 0 Å². The maximum atomic E-state index is 13.6. The summed E-state index contributed by atoms with van der Waals surface area (Å²) in [6, 6.07) is 16.2. The maximum Gasteiger partial charge on any atom is 0.334 e. The van der Waals surface area contributed by atoms with Gasteiger partial charge in [-0.2, -0.15) is 0 Å². The van der Waals surface area contributed by atoms with Gasteiger partial charge in [0.2, 0.25) is 11.8 Å². The first kappa shape index (κ1) is 25.0. The number of carbonyl (C=O) groups is 3. The number of carbonyl (C=O) groups excluding carboxylic acids is 3. The zero-order valence-electron chi connectivity index (χ0n) is 20.2. The van der Waals surface area contributed by atoms with Gasteiger partial charge in [0.05, 0.1) is 13.1 Å². The van der Waals surface area contributed by atoms with Crippen LogP contribution in [-0.2, 0) is 22.7 Å². The summed E-state index contributed by atoms with van der Waals surface area (Å²) < 4.78 is 0. The standard InChI is InChI=1S/C26H32ClN5O3/c1-3-4-13-22-25(34)30(16-20-11-8-12-21(27)14-20)17-23-31(22)24(33)18-29(2)32(23)26(35)28-15-19-9-6-5-7-10-19/h5-12,14,22-23H,3-4,13,15-18H2,1-2H3,(H,28,35). The van der Waals surface area contributed by atoms with Crippen molar-refractivity contribution in [3.63, 3.8) is 0 Å². The number of nitrogens with one attached hydrogen (secondary N) is 1. The third-order valence-corrected chi connectivity index (χ3v) is 6.76. The van der Waals surface area contributed by atoms with Gasteiger partial charge in [0.15, 0.2) is 0 Å². The Morgan fingerprint density at radius 2 is 1.83 bits per heavy atom. The number of benzene rings is 2. The van der Waals surface area contributed by atoms with Crippen molar-refractivity contribution >= 4 is 29.4 Å². The molecule has 0 spiro atoms. The molecule has 2 heterocycles. The van der Waals surface area contributed by atoms with Gasteiger partial charge >= 0.3 is 6.03 Å². The quantitative estimate of drug-likeness (QED) is 0.635. The molecular weight excluding hydrogens is 466 g/mol. The lowest BCUT2D eigenvalue weighted by Gasteiger charge is -2.54. The number of fused-ring (bicyclic) bond motifs is 1. The predicted octanol–water partition coefficient (Wildman–Crippen LogP) is 3.47. The average Bonchev–Trinajstić information content (AvgIpc) is 2.83. The number of amides is 4. The fraction of sp³-hybridized carbons (Fsp3) is 0.423. The summed E-state index contributed by atoms with van der Waals surface area (Å²) in [5.74, 6) is -0.223. The maximum absolute atomic E-state index is 13.6. The van der Waals surface area contributed by atoms with Gasteiger partial charge in [-0.1, -0.05) is 73.8 Å². The molecule has 8 nitrogen and oxygen atoms in total. The van der Waals surface area contributed by atoms with Gasteiger partial charge in [-0.05, 0) is 29.7 Å². The van der Waals surface area contributed by atoms with E-state index in [2.05, 4.69) is 12.2 Å². The normalized spacial score (nSPS) is 20.7. The first-order valence-electron chi connectivity index (χ1n) is 12.1. The van der Waals surface area contributed by atoms with E-state index in [1.54, 1.807) is 32.9 Å². The molecule has 9 heteroatoms. The highest BCUT2D eigenvalue weighted by Crippen LogP contribution is 2.29. The van der Waals surface area contributed by atoms with Crippen molar-refractivity contribution in [1.29, 1.82) is 0 Å². The van der Waals surface area contributed by atoms with Crippen LogP contribution in [0.25, 0.3) is 0 Å². The molecule has 35 heavy (non-hydrogen) atoms. The van der Waals surface area contributed by atoms with E-state index in [0.29, 0.717) is 24.5 Å². The van der Waals surface area contributed by atoms with Crippen molar-refractivity contribution in [3.8, 4) is 0 Å². The summed E-state index contributed by atoms with van der Waals surface area (Å²) in [6.07, 6.45) is 1.70. The lowest BCUT2D eigenvalue weighted by atomic mass is 10.0. The summed E-state index contributed by atoms with van der Waals surface area (Å²) in [5, 5.41) is 6.81. The number of hydrazine groups is 1. The Morgan fingerprint density at radius 1 is 1.09 bits per heavy atom. The molecule has 1 N–H and O–H groups in total. The SMILES string of the molecule is CCCCC1C(=O)N(Cc2cccc(Cl)c2)CC2N1C(=O)CN(C)N2C(=O)NCc1ccccc1. The van der Waals surface area contributed by atoms with Crippen LogP contribution >= 0.6 is 11.6 Å². The summed E-state index contributed by atoms with van der Waals surface area (Å²) in [6.45, 7) is 3.06. The average molecular weight is 498 g/mol. The number of hydrogen-bond acceptors (Lipinski definition) is 4. The Morgan fingerprint density at radius 3 is 2.54 bits per heavy atom. The molecule has 0 saturated carbocycles. The van der Waals surface area contributed by atoms with Crippen molar-refractivity contribution in [2.45, 2.75) is 51.5 Å². The topological polar surface area (TPSA) is 76.2 Å². The summed E-state index contributed by atoms with van der Waals surface area (Å²) in [7, 11) is 1.73. The van der Waals surface area contributed by atoms with E-state index in [1.807, 2.05) is 48.5 Å². The van der Waals surface area contributed by atoms with Crippen molar-refractivity contribution in [2.24, 2.45) is 0 Å². The Labute approximate surface area is 211 Å². The third kappa shape index (κ3) is 5.60. The molecule has 0 aliphatic carbocycles. The van der Waals surface area contributed by atoms with Gasteiger partial charge in [0.1, 0.15) is 12.2 Å². The van der Waals surface area contributed by atoms with Gasteiger partial charge in [0, 0.05) is 25.2 Å². The van der Waals surface area contributed by atoms with E-state index in [4.69, 9.17) is 11.6 Å². The van der Waals surface area contributed by atoms with Crippen LogP contribution in [-0.4, -0.2) is 70.0 Å². The molecule has 2 aliphatic heterocycles. The lowest BCUT2D eigenvalue weighted by Crippen LogP contribution is -2.75. The fourth-order valence-corrected chi connectivity index (χ4v) is 5.04. The highest BCUT2D eigenvalue weighted by atomic mass is 35.5. The predicted molar refractivity (Wildman–Crippen MR) is 134 cm³/mol. The Kier molecular flexibility index (Phi) is 7.93. The summed E-state index contributed by atoms with van der Waals surface area (Å²) in [5.41, 5.74) is 1.89. The van der Waals surface area contributed by atoms with Crippen molar-refractivity contribution < 1.29 is 14.4 Å². The number of piperazine rings is 1. The molecule has 4 amide bonds. The Hall–Kier alpha value is -3.10. The van der Waals surface area contributed by atoms with Gasteiger partial charge in [-0.25, -0.2) is 14.8 Å². The van der Waals surface area contributed by atoms with Gasteiger partial charge in [-0.3, -0.25) is 9.59 Å². The Bertz CT molecular complexity index is 1070. The van der Waals surface area contributed by atoms with Crippen LogP contribution in [0.3, 0.4) is 0 Å². The summed E-state index contributed by atoms with van der Waals surface area (Å²) >= 11 is 6.17. The first-order chi connectivity index (χ1) is 16.9. The molecule has 2 unspecified atom stereocenters. The third-order valence-electron chi connectivity index (χ3n) is 6.53. The van der Waals surface area contributed by atoms with Crippen molar-refractivity contribution in [1.82, 2.24) is 25.1 Å². The summed E-state index contributed by atoms with van der Waals surface area (Å²) in [4.78, 5) is 43.5. The lowest BCUT2D eigenvalue weighted by molar-refractivity contribution is -0.188. The molecule has 2 saturated heterocycles. The largest absolute Gasteiger partial charge is 0.334 e. The minimum Gasteiger partial charge on any atom is -0.333 e. The number of likely N-dealkylation sites (N-methyl/N-ethyl adjacent to an activating group) is 1. The van der Waals surface area contributed by atoms with Crippen LogP contribution in [0.4, 0.5) is 4.79 Å². The van der Waals surface area contributed by atoms with Crippen LogP contribution in [0.15, 0.2) is 54.6 Å². The molecule has 2 aromatic rings. The van der Waals surface area contributed by atoms with Crippen LogP contribution in [0.1, 0.15) is 37.3 Å². The minimum absolute atomic E-state index is 0.0411. The minimum atomic E-state index is -0.599. The molecule has 0 aromatic heterocycles. The van der Waals surface area contributed by atoms with Crippen LogP contribution in [0, 0.1) is 0 Å². The fourth-order valence-electron chi connectivity index (χ4n) is 4.83. The van der Waals surface area contributed by atoms with Crippen LogP contribution < -0.4 is 5.32 Å². The number of unbranched alkanes of at least 4 members (excludes halogenated alkanes) is 1. The number of nitrogens with zero attached hydrogens (tertiary/aromatic N) is 4. The number of rotatable bonds is 7. The van der Waals surface area contributed by atoms with Crippen molar-refractivity contribution in [3.05, 3.63) is 70.7 Å². The van der Waals surface area contributed by atoms with E-state index in [-0.39, 0.29) is 30.9 Å². The Balaban J connectivity index is 1.60. The number of halogens is 1. The monoisotopic (exact) mass is 497 g/mol. The molecule has 0 radical (unpaired) electrons. The van der Waals surface area contributed by atoms with E-state index in [1.165, 1.54) is 0 Å². The van der Waals surface area contributed by atoms with E-state index in [9.17, 15) is 14.4 Å². The smallest absolute Gasteiger partial charge is 0.333 e. The van der Waals surface area contributed by atoms with Gasteiger partial charge < -0.3 is 15.1 Å². The van der Waals surface area contributed by atoms with E-state index in [0.717, 1.165) is 24.0 Å². The van der Waals surface area contributed by atoms with Crippen LogP contribution in [0.2, 0.25) is 5.02 Å². The molecule has 2 aromatic carbocycles. The second kappa shape index (κ2) is 11.1. The van der Waals surface area contributed by atoms with E-state index >= 15 is 0 Å². The van der Waals surface area contributed by atoms with Crippen LogP contribution in [0.5, 0.6) is 0 Å². The molecule has 2 fully saturated rings. The molecule has 4 rings (SSSR count). The molecule has 2 aliphatic rings. The number of urea groups is 1. The second-order valence-corrected chi connectivity index (χ2v) is 9.53. The molecule has 0 bridgehead atoms. The molecule has 186 valence electrons. The molecule has 2 atom stereocenters. The highest BCUT2D eigenvalue weighted by Gasteiger charge is 2.50. The van der Waals surface area contributed by atoms with E-state index < -0.39 is 12.2 Å². The molecular formula is C26H32ClN5O3. The van der Waals surface area contributed by atoms with Crippen molar-refractivity contribution in [2.75, 3.05) is 20.1 Å². The second-order valence-electron chi connectivity index (χ2n) is 9.09. The highest BCUT2D eigenvalue weighted by molar-refractivity contribution is 6.30. The number of hydrogen-bond donors (Lipinski definition) is 1.